The van der Waals surface area contributed by atoms with E-state index in [1.165, 1.54) is 72.9 Å². The summed E-state index contributed by atoms with van der Waals surface area (Å²) in [4.78, 5) is 45.4. The van der Waals surface area contributed by atoms with Crippen molar-refractivity contribution in [2.75, 3.05) is 0 Å². The highest BCUT2D eigenvalue weighted by Crippen LogP contribution is 3.02. The van der Waals surface area contributed by atoms with Crippen LogP contribution < -0.4 is 0 Å². The van der Waals surface area contributed by atoms with Crippen LogP contribution >= 0.6 is 9.04 Å². The molecule has 0 saturated carbocycles. The zero-order valence-electron chi connectivity index (χ0n) is 12.6. The molecule has 2 rings (SSSR count). The van der Waals surface area contributed by atoms with Gasteiger partial charge in [-0.2, -0.15) is 0 Å². The summed E-state index contributed by atoms with van der Waals surface area (Å²) in [6.45, 7) is 0. The van der Waals surface area contributed by atoms with Gasteiger partial charge < -0.3 is 0 Å². The monoisotopic (exact) mass is 354 g/mol. The van der Waals surface area contributed by atoms with Crippen LogP contribution in [0.15, 0.2) is 88.0 Å². The average Bonchev–Trinajstić information content (AvgIpc) is 2.65. The molecule has 0 aliphatic heterocycles. The summed E-state index contributed by atoms with van der Waals surface area (Å²) in [6, 6.07) is 14.8. The van der Waals surface area contributed by atoms with Crippen molar-refractivity contribution in [3.63, 3.8) is 0 Å². The predicted molar refractivity (Wildman–Crippen MR) is 89.5 cm³/mol. The maximum atomic E-state index is 11.4. The highest BCUT2D eigenvalue weighted by molar-refractivity contribution is 8.61. The Morgan fingerprint density at radius 3 is 1.04 bits per heavy atom. The van der Waals surface area contributed by atoms with Crippen molar-refractivity contribution in [2.24, 2.45) is 17.6 Å². The molecule has 0 aromatic heterocycles. The molecule has 0 bridgehead atoms. The average molecular weight is 354 g/mol. The SMILES string of the molecule is O=C=NS(N=C=O)(N=C=O)(N=C=O)(c1ccccc1)c1ccccc1. The van der Waals surface area contributed by atoms with Crippen LogP contribution in [0.25, 0.3) is 0 Å². The number of carbonyl (C=O) groups excluding carboxylic acids is 4. The quantitative estimate of drug-likeness (QED) is 0.585. The normalized spacial score (nSPS) is 12.6. The number of nitrogens with zero attached hydrogens (tertiary/aromatic N) is 4. The van der Waals surface area contributed by atoms with Gasteiger partial charge in [0.1, 0.15) is 0 Å². The molecular formula is C16H10N4O4S. The molecule has 0 fully saturated rings. The van der Waals surface area contributed by atoms with Crippen LogP contribution in [0, 0.1) is 0 Å². The summed E-state index contributed by atoms with van der Waals surface area (Å²) in [5.41, 5.74) is 0. The van der Waals surface area contributed by atoms with Gasteiger partial charge in [-0.1, -0.05) is 36.4 Å². The van der Waals surface area contributed by atoms with Crippen molar-refractivity contribution >= 4 is 33.4 Å². The van der Waals surface area contributed by atoms with E-state index >= 15 is 0 Å². The minimum atomic E-state index is -5.82. The standard InChI is InChI=1S/C16H10N4O4S/c21-11-17-25(18-12-22,19-13-23,20-14-24,15-7-3-1-4-8-15)16-9-5-2-6-10-16/h1-10H. The number of hydrogen-bond acceptors (Lipinski definition) is 8. The molecule has 25 heavy (non-hydrogen) atoms. The van der Waals surface area contributed by atoms with Crippen LogP contribution in [0.2, 0.25) is 0 Å². The second-order valence-electron chi connectivity index (χ2n) is 4.68. The van der Waals surface area contributed by atoms with Crippen LogP contribution in [-0.2, 0) is 19.2 Å². The second kappa shape index (κ2) is 6.07. The Morgan fingerprint density at radius 2 is 0.800 bits per heavy atom. The van der Waals surface area contributed by atoms with Crippen LogP contribution in [0.4, 0.5) is 0 Å². The van der Waals surface area contributed by atoms with Crippen LogP contribution in [0.3, 0.4) is 0 Å². The first kappa shape index (κ1) is 17.7. The lowest BCUT2D eigenvalue weighted by atomic mass is 10.4. The van der Waals surface area contributed by atoms with E-state index in [1.807, 2.05) is 0 Å². The molecular weight excluding hydrogens is 344 g/mol. The lowest BCUT2D eigenvalue weighted by molar-refractivity contribution is 0.565. The first-order valence-electron chi connectivity index (χ1n) is 6.67. The van der Waals surface area contributed by atoms with Gasteiger partial charge >= 0.3 is 0 Å². The van der Waals surface area contributed by atoms with Crippen LogP contribution in [-0.4, -0.2) is 24.3 Å². The summed E-state index contributed by atoms with van der Waals surface area (Å²) in [7, 11) is -5.82. The number of isocyanates is 4. The molecule has 0 unspecified atom stereocenters. The molecule has 0 aliphatic rings. The first-order chi connectivity index (χ1) is 12.1. The Kier molecular flexibility index (Phi) is 4.29. The molecule has 9 heteroatoms. The molecule has 124 valence electrons. The minimum Gasteiger partial charge on any atom is -0.210 e. The van der Waals surface area contributed by atoms with E-state index in [0.29, 0.717) is 0 Å². The van der Waals surface area contributed by atoms with Gasteiger partial charge in [0.15, 0.2) is 0 Å². The van der Waals surface area contributed by atoms with E-state index in [4.69, 9.17) is 0 Å². The van der Waals surface area contributed by atoms with E-state index in [2.05, 4.69) is 17.6 Å². The third-order valence-electron chi connectivity index (χ3n) is 3.57. The first-order valence-corrected chi connectivity index (χ1v) is 8.95. The van der Waals surface area contributed by atoms with E-state index < -0.39 is 9.04 Å². The Bertz CT molecular complexity index is 880. The van der Waals surface area contributed by atoms with Crippen molar-refractivity contribution in [3.05, 3.63) is 60.7 Å². The van der Waals surface area contributed by atoms with Crippen molar-refractivity contribution in [3.8, 4) is 0 Å². The molecule has 0 N–H and O–H groups in total. The maximum Gasteiger partial charge on any atom is 0.249 e. The van der Waals surface area contributed by atoms with Crippen molar-refractivity contribution in [2.45, 2.75) is 9.79 Å². The van der Waals surface area contributed by atoms with E-state index in [1.54, 1.807) is 12.1 Å². The summed E-state index contributed by atoms with van der Waals surface area (Å²) in [5, 5.41) is 0. The molecule has 0 atom stereocenters. The topological polar surface area (TPSA) is 118 Å². The van der Waals surface area contributed by atoms with Gasteiger partial charge in [-0.05, 0) is 24.3 Å². The Hall–Kier alpha value is -3.69. The molecule has 0 heterocycles. The molecule has 0 spiro atoms. The van der Waals surface area contributed by atoms with E-state index in [0.717, 1.165) is 0 Å². The second-order valence-corrected chi connectivity index (χ2v) is 9.00. The zero-order valence-corrected chi connectivity index (χ0v) is 13.4. The van der Waals surface area contributed by atoms with Crippen LogP contribution in [0.5, 0.6) is 0 Å². The number of benzene rings is 2. The summed E-state index contributed by atoms with van der Waals surface area (Å²) >= 11 is 0. The molecule has 2 aromatic carbocycles. The Balaban J connectivity index is 3.46. The van der Waals surface area contributed by atoms with Crippen LogP contribution in [0.1, 0.15) is 0 Å². The molecule has 2 aromatic rings. The van der Waals surface area contributed by atoms with Crippen molar-refractivity contribution in [1.82, 2.24) is 0 Å². The minimum absolute atomic E-state index is 0.0629. The number of hydrogen-bond donors (Lipinski definition) is 0. The Labute approximate surface area is 141 Å². The lowest BCUT2D eigenvalue weighted by Crippen LogP contribution is -2.28. The van der Waals surface area contributed by atoms with Gasteiger partial charge in [0.05, 0.1) is 18.8 Å². The molecule has 0 radical (unpaired) electrons. The molecule has 8 nitrogen and oxygen atoms in total. The third-order valence-corrected chi connectivity index (χ3v) is 8.28. The maximum absolute atomic E-state index is 11.4. The van der Waals surface area contributed by atoms with Gasteiger partial charge in [-0.3, -0.25) is 0 Å². The Morgan fingerprint density at radius 1 is 0.520 bits per heavy atom. The van der Waals surface area contributed by atoms with Gasteiger partial charge in [0.25, 0.3) is 0 Å². The van der Waals surface area contributed by atoms with Crippen molar-refractivity contribution < 1.29 is 19.2 Å². The number of rotatable bonds is 6. The summed E-state index contributed by atoms with van der Waals surface area (Å²) < 4.78 is 14.6. The summed E-state index contributed by atoms with van der Waals surface area (Å²) in [5.74, 6) is 0. The predicted octanol–water partition coefficient (Wildman–Crippen LogP) is 2.98. The van der Waals surface area contributed by atoms with E-state index in [9.17, 15) is 19.2 Å². The van der Waals surface area contributed by atoms with E-state index in [-0.39, 0.29) is 9.79 Å². The lowest BCUT2D eigenvalue weighted by Gasteiger charge is -2.61. The zero-order chi connectivity index (χ0) is 18.3. The largest absolute Gasteiger partial charge is 0.249 e. The molecule has 0 aliphatic carbocycles. The van der Waals surface area contributed by atoms with Gasteiger partial charge in [-0.15, -0.1) is 17.6 Å². The highest BCUT2D eigenvalue weighted by atomic mass is 32.4. The fourth-order valence-electron chi connectivity index (χ4n) is 2.49. The fourth-order valence-corrected chi connectivity index (χ4v) is 6.11. The fraction of sp³-hybridized carbons (Fsp3) is 0. The van der Waals surface area contributed by atoms with Gasteiger partial charge in [0, 0.05) is 0 Å². The smallest absolute Gasteiger partial charge is 0.210 e. The summed E-state index contributed by atoms with van der Waals surface area (Å²) in [6.07, 6.45) is 5.01. The third kappa shape index (κ3) is 2.15. The highest BCUT2D eigenvalue weighted by Gasteiger charge is 2.66. The van der Waals surface area contributed by atoms with Crippen molar-refractivity contribution in [1.29, 1.82) is 0 Å². The van der Waals surface area contributed by atoms with Gasteiger partial charge in [-0.25, -0.2) is 19.2 Å². The molecule has 0 amide bonds. The molecule has 0 saturated heterocycles. The van der Waals surface area contributed by atoms with Gasteiger partial charge in [0.2, 0.25) is 24.3 Å².